The molecule has 0 fully saturated rings. The van der Waals surface area contributed by atoms with E-state index in [-0.39, 0.29) is 5.82 Å². The van der Waals surface area contributed by atoms with Crippen LogP contribution in [0.5, 0.6) is 5.75 Å². The second kappa shape index (κ2) is 3.68. The first-order valence-electron chi connectivity index (χ1n) is 4.29. The van der Waals surface area contributed by atoms with Crippen LogP contribution in [-0.4, -0.2) is 17.5 Å². The van der Waals surface area contributed by atoms with E-state index in [2.05, 4.69) is 0 Å². The van der Waals surface area contributed by atoms with Gasteiger partial charge in [0.2, 0.25) is 0 Å². The molecule has 1 aliphatic heterocycles. The summed E-state index contributed by atoms with van der Waals surface area (Å²) >= 11 is 0. The first-order valence-corrected chi connectivity index (χ1v) is 4.29. The molecule has 0 atom stereocenters. The van der Waals surface area contributed by atoms with E-state index in [0.29, 0.717) is 16.7 Å². The van der Waals surface area contributed by atoms with Crippen molar-refractivity contribution < 1.29 is 14.9 Å². The molecule has 0 spiro atoms. The van der Waals surface area contributed by atoms with Gasteiger partial charge >= 0.3 is 0 Å². The van der Waals surface area contributed by atoms with Crippen LogP contribution < -0.4 is 15.5 Å². The maximum atomic E-state index is 9.13. The Hall–Kier alpha value is -1.92. The van der Waals surface area contributed by atoms with Gasteiger partial charge in [0, 0.05) is 0 Å². The van der Waals surface area contributed by atoms with Crippen LogP contribution in [0.4, 0.5) is 5.69 Å². The van der Waals surface area contributed by atoms with E-state index < -0.39 is 0 Å². The second-order valence-corrected chi connectivity index (χ2v) is 2.91. The smallest absolute Gasteiger partial charge is 0.176 e. The maximum Gasteiger partial charge on any atom is 0.176 e. The number of methoxy groups -OCH3 is 1. The number of nitrogens with zero attached hydrogens (tertiary/aromatic N) is 2. The molecule has 6 heteroatoms. The third-order valence-electron chi connectivity index (χ3n) is 1.96. The van der Waals surface area contributed by atoms with Crippen molar-refractivity contribution in [2.75, 3.05) is 12.2 Å². The van der Waals surface area contributed by atoms with E-state index in [1.54, 1.807) is 19.2 Å². The summed E-state index contributed by atoms with van der Waals surface area (Å²) in [6.45, 7) is 0. The first kappa shape index (κ1) is 9.63. The molecule has 0 aromatic heterocycles. The quantitative estimate of drug-likeness (QED) is 0.751. The molecule has 15 heavy (non-hydrogen) atoms. The molecule has 1 heterocycles. The van der Waals surface area contributed by atoms with Gasteiger partial charge in [-0.05, 0) is 12.1 Å². The molecule has 80 valence electrons. The molecule has 1 aliphatic rings. The van der Waals surface area contributed by atoms with Crippen LogP contribution in [0.1, 0.15) is 0 Å². The highest BCUT2D eigenvalue weighted by atomic mass is 17.0. The minimum absolute atomic E-state index is 0.0981. The van der Waals surface area contributed by atoms with Crippen molar-refractivity contribution in [2.24, 2.45) is 5.73 Å². The van der Waals surface area contributed by atoms with Gasteiger partial charge in [0.05, 0.1) is 13.3 Å². The molecule has 3 N–H and O–H groups in total. The molecule has 0 bridgehead atoms. The lowest BCUT2D eigenvalue weighted by Crippen LogP contribution is -2.23. The average molecular weight is 209 g/mol. The van der Waals surface area contributed by atoms with Crippen molar-refractivity contribution in [1.82, 2.24) is 5.23 Å². The Balaban J connectivity index is 2.31. The van der Waals surface area contributed by atoms with Gasteiger partial charge in [-0.2, -0.15) is 5.06 Å². The fraction of sp³-hybridized carbons (Fsp3) is 0.111. The van der Waals surface area contributed by atoms with Gasteiger partial charge < -0.3 is 10.5 Å². The van der Waals surface area contributed by atoms with E-state index in [0.717, 1.165) is 0 Å². The van der Waals surface area contributed by atoms with E-state index in [1.165, 1.54) is 11.3 Å². The Morgan fingerprint density at radius 1 is 1.40 bits per heavy atom. The second-order valence-electron chi connectivity index (χ2n) is 2.91. The van der Waals surface area contributed by atoms with Crippen LogP contribution in [0.3, 0.4) is 0 Å². The van der Waals surface area contributed by atoms with Crippen molar-refractivity contribution in [1.29, 1.82) is 0 Å². The van der Waals surface area contributed by atoms with Gasteiger partial charge in [-0.3, -0.25) is 5.21 Å². The van der Waals surface area contributed by atoms with Crippen LogP contribution in [0, 0.1) is 0 Å². The standard InChI is InChI=1S/C9H11N3O3/c1-14-8-5-3-2-4-7(8)11-6-9(10)12(13)15-11/h2-6,13H,10H2,1H3. The van der Waals surface area contributed by atoms with E-state index >= 15 is 0 Å². The lowest BCUT2D eigenvalue weighted by atomic mass is 10.3. The normalized spacial score (nSPS) is 15.5. The topological polar surface area (TPSA) is 71.2 Å². The summed E-state index contributed by atoms with van der Waals surface area (Å²) in [7, 11) is 1.55. The van der Waals surface area contributed by atoms with Crippen LogP contribution in [0.2, 0.25) is 0 Å². The van der Waals surface area contributed by atoms with Crippen LogP contribution in [0.15, 0.2) is 36.3 Å². The summed E-state index contributed by atoms with van der Waals surface area (Å²) in [6.07, 6.45) is 1.44. The molecular weight excluding hydrogens is 198 g/mol. The van der Waals surface area contributed by atoms with Gasteiger partial charge in [0.1, 0.15) is 11.4 Å². The summed E-state index contributed by atoms with van der Waals surface area (Å²) in [5.41, 5.74) is 6.08. The summed E-state index contributed by atoms with van der Waals surface area (Å²) < 4.78 is 5.14. The fourth-order valence-corrected chi connectivity index (χ4v) is 1.25. The van der Waals surface area contributed by atoms with Crippen LogP contribution in [-0.2, 0) is 4.94 Å². The van der Waals surface area contributed by atoms with Crippen LogP contribution >= 0.6 is 0 Å². The molecular formula is C9H11N3O3. The largest absolute Gasteiger partial charge is 0.494 e. The third kappa shape index (κ3) is 1.67. The molecule has 2 rings (SSSR count). The van der Waals surface area contributed by atoms with Gasteiger partial charge in [0.25, 0.3) is 0 Å². The number of rotatable bonds is 2. The SMILES string of the molecule is COc1ccccc1N1C=C(N)N(O)O1. The van der Waals surface area contributed by atoms with E-state index in [1.807, 2.05) is 12.1 Å². The van der Waals surface area contributed by atoms with Gasteiger partial charge in [-0.25, -0.2) is 0 Å². The number of benzene rings is 1. The van der Waals surface area contributed by atoms with Crippen molar-refractivity contribution in [2.45, 2.75) is 0 Å². The number of anilines is 1. The number of hydroxylamine groups is 3. The third-order valence-corrected chi connectivity index (χ3v) is 1.96. The Labute approximate surface area is 86.6 Å². The molecule has 6 nitrogen and oxygen atoms in total. The highest BCUT2D eigenvalue weighted by Gasteiger charge is 2.22. The van der Waals surface area contributed by atoms with Gasteiger partial charge in [-0.15, -0.1) is 4.94 Å². The number of hydrogen-bond donors (Lipinski definition) is 2. The number of nitrogens with two attached hydrogens (primary N) is 1. The summed E-state index contributed by atoms with van der Waals surface area (Å²) in [5.74, 6) is 0.720. The lowest BCUT2D eigenvalue weighted by molar-refractivity contribution is -0.304. The summed E-state index contributed by atoms with van der Waals surface area (Å²) in [4.78, 5) is 4.93. The zero-order valence-electron chi connectivity index (χ0n) is 8.12. The minimum atomic E-state index is 0.0981. The average Bonchev–Trinajstić information content (AvgIpc) is 2.59. The number of para-hydroxylation sites is 2. The Kier molecular flexibility index (Phi) is 2.36. The highest BCUT2D eigenvalue weighted by molar-refractivity contribution is 5.58. The molecule has 0 saturated carbocycles. The van der Waals surface area contributed by atoms with Gasteiger partial charge in [0.15, 0.2) is 5.82 Å². The van der Waals surface area contributed by atoms with Crippen molar-refractivity contribution in [3.8, 4) is 5.75 Å². The molecule has 0 aliphatic carbocycles. The van der Waals surface area contributed by atoms with Gasteiger partial charge in [-0.1, -0.05) is 17.4 Å². The highest BCUT2D eigenvalue weighted by Crippen LogP contribution is 2.30. The Bertz CT molecular complexity index is 394. The summed E-state index contributed by atoms with van der Waals surface area (Å²) in [6, 6.07) is 7.22. The zero-order valence-corrected chi connectivity index (χ0v) is 8.12. The molecule has 1 aromatic rings. The summed E-state index contributed by atoms with van der Waals surface area (Å²) in [5, 5.41) is 10.9. The number of ether oxygens (including phenoxy) is 1. The van der Waals surface area contributed by atoms with E-state index in [9.17, 15) is 0 Å². The lowest BCUT2D eigenvalue weighted by Gasteiger charge is -2.17. The number of hydrogen-bond acceptors (Lipinski definition) is 6. The molecule has 1 aromatic carbocycles. The van der Waals surface area contributed by atoms with E-state index in [4.69, 9.17) is 20.6 Å². The molecule has 0 amide bonds. The van der Waals surface area contributed by atoms with Crippen molar-refractivity contribution in [3.63, 3.8) is 0 Å². The maximum absolute atomic E-state index is 9.13. The molecule has 0 radical (unpaired) electrons. The zero-order chi connectivity index (χ0) is 10.8. The van der Waals surface area contributed by atoms with Crippen molar-refractivity contribution in [3.05, 3.63) is 36.3 Å². The molecule has 0 saturated heterocycles. The Morgan fingerprint density at radius 3 is 2.73 bits per heavy atom. The Morgan fingerprint density at radius 2 is 2.13 bits per heavy atom. The monoisotopic (exact) mass is 209 g/mol. The predicted octanol–water partition coefficient (Wildman–Crippen LogP) is 0.811. The fourth-order valence-electron chi connectivity index (χ4n) is 1.25. The van der Waals surface area contributed by atoms with Crippen LogP contribution in [0.25, 0.3) is 0 Å². The molecule has 0 unspecified atom stereocenters. The predicted molar refractivity (Wildman–Crippen MR) is 52.5 cm³/mol. The minimum Gasteiger partial charge on any atom is -0.494 e. The first-order chi connectivity index (χ1) is 7.22. The van der Waals surface area contributed by atoms with Crippen molar-refractivity contribution >= 4 is 5.69 Å².